The lowest BCUT2D eigenvalue weighted by atomic mass is 9.76. The largest absolute Gasteiger partial charge is 0.259 e. The summed E-state index contributed by atoms with van der Waals surface area (Å²) in [7, 11) is 0. The van der Waals surface area contributed by atoms with Gasteiger partial charge >= 0.3 is 0 Å². The van der Waals surface area contributed by atoms with Crippen molar-refractivity contribution < 1.29 is 0 Å². The number of nitrogens with one attached hydrogen (secondary N) is 1. The summed E-state index contributed by atoms with van der Waals surface area (Å²) in [5.74, 6) is 0.825. The number of rotatable bonds is 5. The van der Waals surface area contributed by atoms with E-state index in [1.165, 1.54) is 5.56 Å². The third-order valence-corrected chi connectivity index (χ3v) is 3.58. The Morgan fingerprint density at radius 3 is 2.18 bits per heavy atom. The minimum Gasteiger partial charge on any atom is -0.259 e. The second-order valence-electron chi connectivity index (χ2n) is 5.77. The standard InChI is InChI=1S/C13H23N3S/c1-10-14-7-11(8-15-10)12(2,3)9-13(4,5)16-17-6/h7-8,16H,9H2,1-6H3. The summed E-state index contributed by atoms with van der Waals surface area (Å²) in [5.41, 5.74) is 1.35. The highest BCUT2D eigenvalue weighted by Crippen LogP contribution is 2.32. The zero-order valence-electron chi connectivity index (χ0n) is 11.7. The van der Waals surface area contributed by atoms with Crippen LogP contribution in [0.3, 0.4) is 0 Å². The van der Waals surface area contributed by atoms with Gasteiger partial charge in [-0.2, -0.15) is 0 Å². The van der Waals surface area contributed by atoms with E-state index in [2.05, 4.69) is 48.6 Å². The molecule has 0 saturated carbocycles. The first-order valence-corrected chi connectivity index (χ1v) is 7.09. The molecule has 0 amide bonds. The Bertz CT molecular complexity index is 357. The van der Waals surface area contributed by atoms with Crippen LogP contribution in [-0.4, -0.2) is 21.8 Å². The molecule has 0 bridgehead atoms. The van der Waals surface area contributed by atoms with E-state index in [9.17, 15) is 0 Å². The van der Waals surface area contributed by atoms with Crippen molar-refractivity contribution in [2.45, 2.75) is 52.0 Å². The summed E-state index contributed by atoms with van der Waals surface area (Å²) in [6, 6.07) is 0. The Balaban J connectivity index is 2.84. The summed E-state index contributed by atoms with van der Waals surface area (Å²) in [4.78, 5) is 8.57. The summed E-state index contributed by atoms with van der Waals surface area (Å²) in [5, 5.41) is 0. The van der Waals surface area contributed by atoms with Gasteiger partial charge in [-0.25, -0.2) is 9.97 Å². The third kappa shape index (κ3) is 4.28. The average Bonchev–Trinajstić information content (AvgIpc) is 2.16. The molecule has 3 nitrogen and oxygen atoms in total. The Morgan fingerprint density at radius 2 is 1.71 bits per heavy atom. The molecule has 0 aliphatic carbocycles. The first-order valence-electron chi connectivity index (χ1n) is 5.86. The third-order valence-electron chi connectivity index (χ3n) is 2.82. The molecule has 0 radical (unpaired) electrons. The molecule has 0 aromatic carbocycles. The van der Waals surface area contributed by atoms with Gasteiger partial charge < -0.3 is 0 Å². The van der Waals surface area contributed by atoms with Crippen molar-refractivity contribution in [3.8, 4) is 0 Å². The van der Waals surface area contributed by atoms with Crippen LogP contribution in [0.2, 0.25) is 0 Å². The molecule has 1 N–H and O–H groups in total. The first kappa shape index (κ1) is 14.5. The predicted molar refractivity (Wildman–Crippen MR) is 75.1 cm³/mol. The molecule has 0 atom stereocenters. The molecule has 4 heteroatoms. The van der Waals surface area contributed by atoms with Crippen LogP contribution in [0.15, 0.2) is 12.4 Å². The van der Waals surface area contributed by atoms with Crippen LogP contribution in [0.25, 0.3) is 0 Å². The molecule has 0 aliphatic heterocycles. The lowest BCUT2D eigenvalue weighted by Crippen LogP contribution is -2.40. The highest BCUT2D eigenvalue weighted by atomic mass is 32.2. The fourth-order valence-corrected chi connectivity index (χ4v) is 2.89. The van der Waals surface area contributed by atoms with Gasteiger partial charge in [0.05, 0.1) is 0 Å². The highest BCUT2D eigenvalue weighted by Gasteiger charge is 2.30. The van der Waals surface area contributed by atoms with E-state index < -0.39 is 0 Å². The van der Waals surface area contributed by atoms with Crippen LogP contribution in [0.4, 0.5) is 0 Å². The van der Waals surface area contributed by atoms with Gasteiger partial charge in [0, 0.05) is 17.9 Å². The molecule has 0 fully saturated rings. The molecule has 0 aliphatic rings. The molecule has 1 aromatic heterocycles. The molecular weight excluding hydrogens is 230 g/mol. The van der Waals surface area contributed by atoms with E-state index in [4.69, 9.17) is 0 Å². The van der Waals surface area contributed by atoms with Crippen molar-refractivity contribution in [1.82, 2.24) is 14.7 Å². The zero-order chi connectivity index (χ0) is 13.1. The molecule has 1 aromatic rings. The van der Waals surface area contributed by atoms with Crippen molar-refractivity contribution >= 4 is 11.9 Å². The smallest absolute Gasteiger partial charge is 0.125 e. The molecule has 0 saturated heterocycles. The normalized spacial score (nSPS) is 12.8. The summed E-state index contributed by atoms with van der Waals surface area (Å²) >= 11 is 1.67. The first-order chi connectivity index (χ1) is 7.77. The topological polar surface area (TPSA) is 37.8 Å². The van der Waals surface area contributed by atoms with E-state index in [0.717, 1.165) is 12.2 Å². The van der Waals surface area contributed by atoms with Gasteiger partial charge in [-0.05, 0) is 44.4 Å². The number of aromatic nitrogens is 2. The molecule has 0 spiro atoms. The van der Waals surface area contributed by atoms with Crippen molar-refractivity contribution in [3.63, 3.8) is 0 Å². The number of aryl methyl sites for hydroxylation is 1. The number of nitrogens with zero attached hydrogens (tertiary/aromatic N) is 2. The molecule has 1 rings (SSSR count). The molecular formula is C13H23N3S. The van der Waals surface area contributed by atoms with E-state index in [1.807, 2.05) is 19.3 Å². The minimum atomic E-state index is 0.0694. The quantitative estimate of drug-likeness (QED) is 0.818. The molecule has 0 unspecified atom stereocenters. The zero-order valence-corrected chi connectivity index (χ0v) is 12.5. The Labute approximate surface area is 109 Å². The second kappa shape index (κ2) is 5.36. The Morgan fingerprint density at radius 1 is 1.18 bits per heavy atom. The SMILES string of the molecule is CSNC(C)(C)CC(C)(C)c1cnc(C)nc1. The molecule has 1 heterocycles. The van der Waals surface area contributed by atoms with Crippen molar-refractivity contribution in [1.29, 1.82) is 0 Å². The Kier molecular flexibility index (Phi) is 4.55. The fraction of sp³-hybridized carbons (Fsp3) is 0.692. The minimum absolute atomic E-state index is 0.0694. The highest BCUT2D eigenvalue weighted by molar-refractivity contribution is 7.96. The van der Waals surface area contributed by atoms with E-state index in [0.29, 0.717) is 0 Å². The van der Waals surface area contributed by atoms with E-state index in [-0.39, 0.29) is 11.0 Å². The monoisotopic (exact) mass is 253 g/mol. The van der Waals surface area contributed by atoms with Gasteiger partial charge in [0.25, 0.3) is 0 Å². The maximum Gasteiger partial charge on any atom is 0.125 e. The Hall–Kier alpha value is -0.610. The van der Waals surface area contributed by atoms with Crippen LogP contribution < -0.4 is 4.72 Å². The van der Waals surface area contributed by atoms with Gasteiger partial charge in [-0.3, -0.25) is 4.72 Å². The second-order valence-corrected chi connectivity index (χ2v) is 6.38. The predicted octanol–water partition coefficient (Wildman–Crippen LogP) is 3.10. The lowest BCUT2D eigenvalue weighted by molar-refractivity contribution is 0.331. The summed E-state index contributed by atoms with van der Waals surface area (Å²) in [6.07, 6.45) is 6.98. The van der Waals surface area contributed by atoms with Gasteiger partial charge in [0.2, 0.25) is 0 Å². The van der Waals surface area contributed by atoms with Crippen LogP contribution >= 0.6 is 11.9 Å². The van der Waals surface area contributed by atoms with Crippen LogP contribution in [0.1, 0.15) is 45.5 Å². The lowest BCUT2D eigenvalue weighted by Gasteiger charge is -2.35. The molecule has 96 valence electrons. The maximum atomic E-state index is 4.28. The van der Waals surface area contributed by atoms with Crippen LogP contribution in [-0.2, 0) is 5.41 Å². The van der Waals surface area contributed by atoms with Crippen LogP contribution in [0, 0.1) is 6.92 Å². The van der Waals surface area contributed by atoms with Crippen molar-refractivity contribution in [3.05, 3.63) is 23.8 Å². The van der Waals surface area contributed by atoms with Gasteiger partial charge in [-0.15, -0.1) is 0 Å². The van der Waals surface area contributed by atoms with E-state index >= 15 is 0 Å². The van der Waals surface area contributed by atoms with Crippen molar-refractivity contribution in [2.24, 2.45) is 0 Å². The molecule has 17 heavy (non-hydrogen) atoms. The number of hydrogen-bond acceptors (Lipinski definition) is 4. The van der Waals surface area contributed by atoms with Gasteiger partial charge in [0.15, 0.2) is 0 Å². The summed E-state index contributed by atoms with van der Waals surface area (Å²) < 4.78 is 3.43. The maximum absolute atomic E-state index is 4.28. The average molecular weight is 253 g/mol. The van der Waals surface area contributed by atoms with Crippen molar-refractivity contribution in [2.75, 3.05) is 6.26 Å². The van der Waals surface area contributed by atoms with Gasteiger partial charge in [-0.1, -0.05) is 25.8 Å². The number of hydrogen-bond donors (Lipinski definition) is 1. The van der Waals surface area contributed by atoms with E-state index in [1.54, 1.807) is 11.9 Å². The fourth-order valence-electron chi connectivity index (χ4n) is 2.26. The van der Waals surface area contributed by atoms with Gasteiger partial charge in [0.1, 0.15) is 5.82 Å². The summed E-state index contributed by atoms with van der Waals surface area (Å²) in [6.45, 7) is 10.8. The van der Waals surface area contributed by atoms with Crippen LogP contribution in [0.5, 0.6) is 0 Å².